The highest BCUT2D eigenvalue weighted by Gasteiger charge is 2.26. The normalized spacial score (nSPS) is 25.7. The van der Waals surface area contributed by atoms with Crippen molar-refractivity contribution in [2.75, 3.05) is 19.8 Å². The monoisotopic (exact) mass is 233 g/mol. The van der Waals surface area contributed by atoms with Crippen LogP contribution in [0.15, 0.2) is 43.0 Å². The number of ether oxygens (including phenoxy) is 1. The van der Waals surface area contributed by atoms with Crippen LogP contribution in [0.2, 0.25) is 0 Å². The Morgan fingerprint density at radius 3 is 2.82 bits per heavy atom. The number of rotatable bonds is 4. The molecule has 92 valence electrons. The van der Waals surface area contributed by atoms with Crippen LogP contribution >= 0.6 is 0 Å². The standard InChI is InChI=1S/C14H19NO2/c1-2-14-9-15(13(10-16)11-17-14)8-12-6-4-3-5-7-12/h2-7,13-14,16H,1,8-11H2/t13-,14+/m1/s1. The molecule has 0 amide bonds. The maximum absolute atomic E-state index is 9.35. The Kier molecular flexibility index (Phi) is 4.31. The molecule has 3 heteroatoms. The van der Waals surface area contributed by atoms with Crippen LogP contribution in [0, 0.1) is 0 Å². The minimum atomic E-state index is 0.0708. The highest BCUT2D eigenvalue weighted by molar-refractivity contribution is 5.14. The second-order valence-corrected chi connectivity index (χ2v) is 4.36. The van der Waals surface area contributed by atoms with E-state index in [2.05, 4.69) is 23.6 Å². The van der Waals surface area contributed by atoms with Gasteiger partial charge < -0.3 is 9.84 Å². The molecule has 2 rings (SSSR count). The van der Waals surface area contributed by atoms with Gasteiger partial charge in [-0.2, -0.15) is 0 Å². The number of benzene rings is 1. The summed E-state index contributed by atoms with van der Waals surface area (Å²) in [5.74, 6) is 0. The summed E-state index contributed by atoms with van der Waals surface area (Å²) in [6.45, 7) is 6.11. The summed E-state index contributed by atoms with van der Waals surface area (Å²) in [6.07, 6.45) is 1.90. The van der Waals surface area contributed by atoms with Crippen molar-refractivity contribution < 1.29 is 9.84 Å². The van der Waals surface area contributed by atoms with Crippen LogP contribution < -0.4 is 0 Å². The van der Waals surface area contributed by atoms with Crippen molar-refractivity contribution in [2.24, 2.45) is 0 Å². The number of aliphatic hydroxyl groups is 1. The van der Waals surface area contributed by atoms with Crippen LogP contribution in [0.1, 0.15) is 5.56 Å². The smallest absolute Gasteiger partial charge is 0.0881 e. The SMILES string of the molecule is C=C[C@H]1CN(Cc2ccccc2)[C@H](CO)CO1. The van der Waals surface area contributed by atoms with E-state index in [1.807, 2.05) is 24.3 Å². The van der Waals surface area contributed by atoms with Gasteiger partial charge in [-0.15, -0.1) is 6.58 Å². The van der Waals surface area contributed by atoms with E-state index < -0.39 is 0 Å². The summed E-state index contributed by atoms with van der Waals surface area (Å²) < 4.78 is 5.58. The van der Waals surface area contributed by atoms with Gasteiger partial charge in [0.25, 0.3) is 0 Å². The molecular weight excluding hydrogens is 214 g/mol. The summed E-state index contributed by atoms with van der Waals surface area (Å²) in [4.78, 5) is 2.26. The predicted octanol–water partition coefficient (Wildman–Crippen LogP) is 1.43. The first-order valence-corrected chi connectivity index (χ1v) is 5.96. The Balaban J connectivity index is 2.03. The molecule has 0 aliphatic carbocycles. The van der Waals surface area contributed by atoms with Gasteiger partial charge in [-0.3, -0.25) is 4.90 Å². The van der Waals surface area contributed by atoms with Gasteiger partial charge in [-0.05, 0) is 5.56 Å². The minimum absolute atomic E-state index is 0.0708. The van der Waals surface area contributed by atoms with Crippen LogP contribution in [0.4, 0.5) is 0 Å². The van der Waals surface area contributed by atoms with E-state index in [4.69, 9.17) is 4.74 Å². The van der Waals surface area contributed by atoms with E-state index in [0.29, 0.717) is 6.61 Å². The second-order valence-electron chi connectivity index (χ2n) is 4.36. The Bertz CT molecular complexity index is 352. The number of aliphatic hydroxyl groups excluding tert-OH is 1. The quantitative estimate of drug-likeness (QED) is 0.799. The van der Waals surface area contributed by atoms with Gasteiger partial charge in [0.05, 0.1) is 25.4 Å². The lowest BCUT2D eigenvalue weighted by Gasteiger charge is -2.37. The van der Waals surface area contributed by atoms with E-state index >= 15 is 0 Å². The second kappa shape index (κ2) is 5.96. The maximum atomic E-state index is 9.35. The zero-order valence-corrected chi connectivity index (χ0v) is 9.96. The van der Waals surface area contributed by atoms with Crippen LogP contribution in [-0.2, 0) is 11.3 Å². The summed E-state index contributed by atoms with van der Waals surface area (Å²) in [5, 5.41) is 9.35. The van der Waals surface area contributed by atoms with Gasteiger partial charge in [0.2, 0.25) is 0 Å². The fraction of sp³-hybridized carbons (Fsp3) is 0.429. The van der Waals surface area contributed by atoms with Gasteiger partial charge in [0.15, 0.2) is 0 Å². The summed E-state index contributed by atoms with van der Waals surface area (Å²) in [6, 6.07) is 10.4. The van der Waals surface area contributed by atoms with Gasteiger partial charge in [0.1, 0.15) is 0 Å². The highest BCUT2D eigenvalue weighted by atomic mass is 16.5. The van der Waals surface area contributed by atoms with E-state index in [9.17, 15) is 5.11 Å². The van der Waals surface area contributed by atoms with Crippen molar-refractivity contribution in [3.05, 3.63) is 48.6 Å². The van der Waals surface area contributed by atoms with Gasteiger partial charge in [0, 0.05) is 13.1 Å². The minimum Gasteiger partial charge on any atom is -0.395 e. The van der Waals surface area contributed by atoms with Crippen molar-refractivity contribution in [2.45, 2.75) is 18.7 Å². The van der Waals surface area contributed by atoms with Crippen molar-refractivity contribution >= 4 is 0 Å². The zero-order valence-electron chi connectivity index (χ0n) is 9.96. The Hall–Kier alpha value is -1.16. The summed E-state index contributed by atoms with van der Waals surface area (Å²) >= 11 is 0. The van der Waals surface area contributed by atoms with Crippen LogP contribution in [0.3, 0.4) is 0 Å². The lowest BCUT2D eigenvalue weighted by molar-refractivity contribution is -0.0610. The molecule has 0 bridgehead atoms. The Morgan fingerprint density at radius 2 is 2.18 bits per heavy atom. The molecular formula is C14H19NO2. The van der Waals surface area contributed by atoms with Gasteiger partial charge in [-0.1, -0.05) is 36.4 Å². The first-order valence-electron chi connectivity index (χ1n) is 5.96. The van der Waals surface area contributed by atoms with Crippen LogP contribution in [0.5, 0.6) is 0 Å². The van der Waals surface area contributed by atoms with Crippen molar-refractivity contribution in [3.8, 4) is 0 Å². The first-order chi connectivity index (χ1) is 8.33. The topological polar surface area (TPSA) is 32.7 Å². The van der Waals surface area contributed by atoms with Crippen molar-refractivity contribution in [1.29, 1.82) is 0 Å². The molecule has 0 aromatic heterocycles. The van der Waals surface area contributed by atoms with Crippen LogP contribution in [-0.4, -0.2) is 41.9 Å². The molecule has 3 nitrogen and oxygen atoms in total. The molecule has 0 saturated carbocycles. The Labute approximate surface area is 102 Å². The third-order valence-corrected chi connectivity index (χ3v) is 3.14. The predicted molar refractivity (Wildman–Crippen MR) is 67.7 cm³/mol. The lowest BCUT2D eigenvalue weighted by Crippen LogP contribution is -2.50. The Morgan fingerprint density at radius 1 is 1.41 bits per heavy atom. The van der Waals surface area contributed by atoms with Gasteiger partial charge in [-0.25, -0.2) is 0 Å². The van der Waals surface area contributed by atoms with Crippen molar-refractivity contribution in [3.63, 3.8) is 0 Å². The van der Waals surface area contributed by atoms with Crippen molar-refractivity contribution in [1.82, 2.24) is 4.90 Å². The molecule has 1 saturated heterocycles. The third kappa shape index (κ3) is 3.16. The number of hydrogen-bond acceptors (Lipinski definition) is 3. The number of morpholine rings is 1. The summed E-state index contributed by atoms with van der Waals surface area (Å²) in [5.41, 5.74) is 1.26. The highest BCUT2D eigenvalue weighted by Crippen LogP contribution is 2.15. The fourth-order valence-electron chi connectivity index (χ4n) is 2.10. The molecule has 17 heavy (non-hydrogen) atoms. The molecule has 0 spiro atoms. The molecule has 2 atom stereocenters. The molecule has 0 unspecified atom stereocenters. The van der Waals surface area contributed by atoms with E-state index in [1.54, 1.807) is 0 Å². The first kappa shape index (κ1) is 12.3. The molecule has 1 aromatic rings. The average Bonchev–Trinajstić information content (AvgIpc) is 2.40. The number of hydrogen-bond donors (Lipinski definition) is 1. The molecule has 1 heterocycles. The lowest BCUT2D eigenvalue weighted by atomic mass is 10.1. The van der Waals surface area contributed by atoms with E-state index in [1.165, 1.54) is 5.56 Å². The molecule has 0 radical (unpaired) electrons. The number of nitrogens with zero attached hydrogens (tertiary/aromatic N) is 1. The van der Waals surface area contributed by atoms with E-state index in [-0.39, 0.29) is 18.8 Å². The van der Waals surface area contributed by atoms with E-state index in [0.717, 1.165) is 13.1 Å². The maximum Gasteiger partial charge on any atom is 0.0881 e. The molecule has 1 fully saturated rings. The molecule has 1 N–H and O–H groups in total. The van der Waals surface area contributed by atoms with Gasteiger partial charge >= 0.3 is 0 Å². The summed E-state index contributed by atoms with van der Waals surface area (Å²) in [7, 11) is 0. The largest absolute Gasteiger partial charge is 0.395 e. The van der Waals surface area contributed by atoms with Crippen LogP contribution in [0.25, 0.3) is 0 Å². The molecule has 1 aromatic carbocycles. The molecule has 1 aliphatic rings. The third-order valence-electron chi connectivity index (χ3n) is 3.14. The molecule has 1 aliphatic heterocycles. The fourth-order valence-corrected chi connectivity index (χ4v) is 2.10. The zero-order chi connectivity index (χ0) is 12.1. The average molecular weight is 233 g/mol.